The molecule has 0 unspecified atom stereocenters. The van der Waals surface area contributed by atoms with E-state index in [9.17, 15) is 8.42 Å². The fourth-order valence-electron chi connectivity index (χ4n) is 2.29. The minimum Gasteiger partial charge on any atom is -0.363 e. The zero-order chi connectivity index (χ0) is 15.6. The molecule has 0 atom stereocenters. The maximum Gasteiger partial charge on any atom is 0.266 e. The highest BCUT2D eigenvalue weighted by Crippen LogP contribution is 2.21. The molecule has 1 fully saturated rings. The number of aromatic nitrogens is 3. The van der Waals surface area contributed by atoms with Crippen molar-refractivity contribution in [1.29, 1.82) is 0 Å². The first-order valence-electron chi connectivity index (χ1n) is 7.04. The quantitative estimate of drug-likeness (QED) is 0.909. The van der Waals surface area contributed by atoms with E-state index in [1.54, 1.807) is 0 Å². The molecule has 1 aliphatic rings. The molecule has 0 bridgehead atoms. The first kappa shape index (κ1) is 14.8. The second-order valence-corrected chi connectivity index (χ2v) is 7.09. The van der Waals surface area contributed by atoms with Crippen LogP contribution in [0.1, 0.15) is 19.8 Å². The smallest absolute Gasteiger partial charge is 0.266 e. The first-order valence-corrected chi connectivity index (χ1v) is 8.52. The van der Waals surface area contributed by atoms with Crippen molar-refractivity contribution in [2.24, 2.45) is 5.92 Å². The number of sulfonamides is 1. The van der Waals surface area contributed by atoms with Gasteiger partial charge in [-0.25, -0.2) is 18.4 Å². The molecule has 0 aliphatic carbocycles. The maximum absolute atomic E-state index is 12.0. The third-order valence-electron chi connectivity index (χ3n) is 3.68. The molecule has 8 nitrogen and oxygen atoms in total. The molecule has 9 heteroatoms. The van der Waals surface area contributed by atoms with E-state index in [0.717, 1.165) is 44.3 Å². The molecule has 0 aromatic carbocycles. The summed E-state index contributed by atoms with van der Waals surface area (Å²) >= 11 is 0. The van der Waals surface area contributed by atoms with Gasteiger partial charge in [-0.05, 0) is 18.8 Å². The van der Waals surface area contributed by atoms with E-state index in [2.05, 4.69) is 36.2 Å². The van der Waals surface area contributed by atoms with Crippen molar-refractivity contribution in [2.45, 2.75) is 24.7 Å². The summed E-state index contributed by atoms with van der Waals surface area (Å²) in [5, 5.41) is 3.38. The van der Waals surface area contributed by atoms with Gasteiger partial charge < -0.3 is 9.42 Å². The van der Waals surface area contributed by atoms with E-state index in [1.165, 1.54) is 12.4 Å². The van der Waals surface area contributed by atoms with Crippen LogP contribution in [0.15, 0.2) is 34.3 Å². The van der Waals surface area contributed by atoms with Gasteiger partial charge in [0.1, 0.15) is 11.2 Å². The fraction of sp³-hybridized carbons (Fsp3) is 0.462. The highest BCUT2D eigenvalue weighted by molar-refractivity contribution is 7.92. The van der Waals surface area contributed by atoms with Crippen molar-refractivity contribution in [3.8, 4) is 0 Å². The summed E-state index contributed by atoms with van der Waals surface area (Å²) in [6.07, 6.45) is 7.35. The van der Waals surface area contributed by atoms with Crippen molar-refractivity contribution in [3.63, 3.8) is 0 Å². The van der Waals surface area contributed by atoms with Crippen LogP contribution in [0.5, 0.6) is 0 Å². The largest absolute Gasteiger partial charge is 0.363 e. The van der Waals surface area contributed by atoms with Crippen molar-refractivity contribution in [3.05, 3.63) is 24.9 Å². The highest BCUT2D eigenvalue weighted by atomic mass is 32.2. The number of nitrogens with one attached hydrogen (secondary N) is 1. The van der Waals surface area contributed by atoms with Crippen molar-refractivity contribution < 1.29 is 12.9 Å². The Morgan fingerprint density at radius 3 is 2.50 bits per heavy atom. The lowest BCUT2D eigenvalue weighted by atomic mass is 10.00. The molecule has 22 heavy (non-hydrogen) atoms. The normalized spacial score (nSPS) is 16.7. The Morgan fingerprint density at radius 2 is 1.91 bits per heavy atom. The standard InChI is InChI=1S/C13H17N5O3S/c1-10-2-4-18(5-3-10)13-14-6-11(7-15-13)17-22(19,20)12-8-16-21-9-12/h6-10,17H,2-5H2,1H3. The molecule has 2 aromatic rings. The van der Waals surface area contributed by atoms with Gasteiger partial charge in [0.25, 0.3) is 10.0 Å². The predicted octanol–water partition coefficient (Wildman–Crippen LogP) is 1.50. The van der Waals surface area contributed by atoms with Gasteiger partial charge in [-0.15, -0.1) is 0 Å². The minimum absolute atomic E-state index is 0.0402. The van der Waals surface area contributed by atoms with Gasteiger partial charge >= 0.3 is 0 Å². The van der Waals surface area contributed by atoms with Crippen LogP contribution in [-0.2, 0) is 10.0 Å². The zero-order valence-corrected chi connectivity index (χ0v) is 13.0. The van der Waals surface area contributed by atoms with E-state index in [1.807, 2.05) is 0 Å². The Hall–Kier alpha value is -2.16. The Labute approximate surface area is 128 Å². The van der Waals surface area contributed by atoms with Crippen LogP contribution in [-0.4, -0.2) is 36.6 Å². The highest BCUT2D eigenvalue weighted by Gasteiger charge is 2.19. The van der Waals surface area contributed by atoms with Crippen LogP contribution in [0.3, 0.4) is 0 Å². The van der Waals surface area contributed by atoms with Crippen molar-refractivity contribution in [1.82, 2.24) is 15.1 Å². The summed E-state index contributed by atoms with van der Waals surface area (Å²) in [6.45, 7) is 4.08. The summed E-state index contributed by atoms with van der Waals surface area (Å²) in [5.74, 6) is 1.35. The van der Waals surface area contributed by atoms with Gasteiger partial charge in [0, 0.05) is 13.1 Å². The van der Waals surface area contributed by atoms with Gasteiger partial charge in [0.15, 0.2) is 0 Å². The summed E-state index contributed by atoms with van der Waals surface area (Å²) < 4.78 is 30.9. The monoisotopic (exact) mass is 323 g/mol. The molecule has 0 spiro atoms. The first-order chi connectivity index (χ1) is 10.5. The van der Waals surface area contributed by atoms with Crippen molar-refractivity contribution >= 4 is 21.7 Å². The van der Waals surface area contributed by atoms with E-state index in [4.69, 9.17) is 0 Å². The summed E-state index contributed by atoms with van der Waals surface area (Å²) in [7, 11) is -3.71. The zero-order valence-electron chi connectivity index (χ0n) is 12.1. The van der Waals surface area contributed by atoms with Gasteiger partial charge in [-0.1, -0.05) is 12.1 Å². The number of anilines is 2. The number of nitrogens with zero attached hydrogens (tertiary/aromatic N) is 4. The van der Waals surface area contributed by atoms with Crippen LogP contribution < -0.4 is 9.62 Å². The molecule has 3 heterocycles. The third kappa shape index (κ3) is 3.19. The molecule has 118 valence electrons. The van der Waals surface area contributed by atoms with E-state index in [-0.39, 0.29) is 4.90 Å². The number of rotatable bonds is 4. The second kappa shape index (κ2) is 5.91. The van der Waals surface area contributed by atoms with Crippen LogP contribution >= 0.6 is 0 Å². The number of hydrogen-bond acceptors (Lipinski definition) is 7. The molecule has 0 saturated carbocycles. The number of hydrogen-bond donors (Lipinski definition) is 1. The van der Waals surface area contributed by atoms with Crippen LogP contribution in [0.4, 0.5) is 11.6 Å². The topological polar surface area (TPSA) is 101 Å². The number of piperidine rings is 1. The Balaban J connectivity index is 1.70. The predicted molar refractivity (Wildman–Crippen MR) is 80.0 cm³/mol. The lowest BCUT2D eigenvalue weighted by Gasteiger charge is -2.30. The van der Waals surface area contributed by atoms with Gasteiger partial charge in [-0.2, -0.15) is 0 Å². The van der Waals surface area contributed by atoms with Crippen molar-refractivity contribution in [2.75, 3.05) is 22.7 Å². The van der Waals surface area contributed by atoms with Crippen LogP contribution in [0.2, 0.25) is 0 Å². The molecule has 0 amide bonds. The van der Waals surface area contributed by atoms with Crippen LogP contribution in [0.25, 0.3) is 0 Å². The van der Waals surface area contributed by atoms with Crippen LogP contribution in [0, 0.1) is 5.92 Å². The summed E-state index contributed by atoms with van der Waals surface area (Å²) in [5.41, 5.74) is 0.301. The van der Waals surface area contributed by atoms with E-state index < -0.39 is 10.0 Å². The molecule has 3 rings (SSSR count). The average Bonchev–Trinajstić information content (AvgIpc) is 3.04. The minimum atomic E-state index is -3.71. The Bertz CT molecular complexity index is 707. The van der Waals surface area contributed by atoms with E-state index in [0.29, 0.717) is 11.6 Å². The lowest BCUT2D eigenvalue weighted by Crippen LogP contribution is -2.34. The van der Waals surface area contributed by atoms with Gasteiger partial charge in [0.05, 0.1) is 24.3 Å². The SMILES string of the molecule is CC1CCN(c2ncc(NS(=O)(=O)c3cnoc3)cn2)CC1. The molecule has 0 radical (unpaired) electrons. The lowest BCUT2D eigenvalue weighted by molar-refractivity contribution is 0.417. The summed E-state index contributed by atoms with van der Waals surface area (Å²) in [4.78, 5) is 10.6. The van der Waals surface area contributed by atoms with Gasteiger partial charge in [-0.3, -0.25) is 4.72 Å². The Kier molecular flexibility index (Phi) is 3.97. The van der Waals surface area contributed by atoms with E-state index >= 15 is 0 Å². The fourth-order valence-corrected chi connectivity index (χ4v) is 3.17. The van der Waals surface area contributed by atoms with Gasteiger partial charge in [0.2, 0.25) is 5.95 Å². The average molecular weight is 323 g/mol. The maximum atomic E-state index is 12.0. The molecule has 1 aliphatic heterocycles. The molecular weight excluding hydrogens is 306 g/mol. The second-order valence-electron chi connectivity index (χ2n) is 5.41. The third-order valence-corrected chi connectivity index (χ3v) is 5.00. The molecule has 2 aromatic heterocycles. The molecule has 1 saturated heterocycles. The Morgan fingerprint density at radius 1 is 1.23 bits per heavy atom. The molecular formula is C13H17N5O3S. The summed E-state index contributed by atoms with van der Waals surface area (Å²) in [6, 6.07) is 0. The molecule has 1 N–H and O–H groups in total.